The summed E-state index contributed by atoms with van der Waals surface area (Å²) in [5, 5.41) is 11.4. The van der Waals surface area contributed by atoms with Gasteiger partial charge in [0.2, 0.25) is 11.8 Å². The third-order valence-corrected chi connectivity index (χ3v) is 3.67. The maximum atomic E-state index is 11.4. The number of carbonyl (C=O) groups excluding carboxylic acids is 1. The molecule has 2 rings (SSSR count). The lowest BCUT2D eigenvalue weighted by molar-refractivity contribution is -0.124. The summed E-state index contributed by atoms with van der Waals surface area (Å²) in [7, 11) is 0. The molecule has 1 N–H and O–H groups in total. The number of benzene rings is 1. The van der Waals surface area contributed by atoms with E-state index in [9.17, 15) is 4.79 Å². The lowest BCUT2D eigenvalue weighted by Crippen LogP contribution is -2.31. The van der Waals surface area contributed by atoms with Crippen molar-refractivity contribution >= 4 is 17.7 Å². The molecule has 2 aromatic rings. The van der Waals surface area contributed by atoms with E-state index in [0.717, 1.165) is 17.1 Å². The van der Waals surface area contributed by atoms with E-state index in [2.05, 4.69) is 15.5 Å². The first-order valence-corrected chi connectivity index (χ1v) is 8.56. The molecule has 1 aromatic carbocycles. The molecule has 0 radical (unpaired) electrons. The van der Waals surface area contributed by atoms with Crippen molar-refractivity contribution in [2.75, 3.05) is 18.9 Å². The molecule has 23 heavy (non-hydrogen) atoms. The fourth-order valence-electron chi connectivity index (χ4n) is 1.75. The van der Waals surface area contributed by atoms with Crippen LogP contribution in [0.1, 0.15) is 20.8 Å². The largest absolute Gasteiger partial charge is 0.492 e. The van der Waals surface area contributed by atoms with Crippen LogP contribution in [0.5, 0.6) is 5.75 Å². The van der Waals surface area contributed by atoms with Crippen LogP contribution in [0.4, 0.5) is 0 Å². The molecular formula is C16H21N3O3S. The van der Waals surface area contributed by atoms with Crippen molar-refractivity contribution in [2.45, 2.75) is 26.0 Å². The highest BCUT2D eigenvalue weighted by Gasteiger charge is 2.09. The van der Waals surface area contributed by atoms with E-state index in [1.807, 2.05) is 45.0 Å². The fraction of sp³-hybridized carbons (Fsp3) is 0.438. The molecule has 0 fully saturated rings. The molecule has 0 aliphatic carbocycles. The minimum Gasteiger partial charge on any atom is -0.492 e. The number of rotatable bonds is 8. The Labute approximate surface area is 140 Å². The predicted molar refractivity (Wildman–Crippen MR) is 89.5 cm³/mol. The van der Waals surface area contributed by atoms with Crippen molar-refractivity contribution in [1.82, 2.24) is 15.5 Å². The minimum atomic E-state index is -0.0144. The second kappa shape index (κ2) is 8.57. The van der Waals surface area contributed by atoms with Crippen molar-refractivity contribution in [3.63, 3.8) is 0 Å². The van der Waals surface area contributed by atoms with Gasteiger partial charge in [-0.25, -0.2) is 0 Å². The maximum Gasteiger partial charge on any atom is 0.276 e. The molecule has 0 saturated carbocycles. The van der Waals surface area contributed by atoms with Gasteiger partial charge >= 0.3 is 0 Å². The van der Waals surface area contributed by atoms with Gasteiger partial charge in [0.1, 0.15) is 12.4 Å². The average Bonchev–Trinajstić information content (AvgIpc) is 3.01. The molecule has 1 heterocycles. The Kier molecular flexibility index (Phi) is 6.46. The second-order valence-electron chi connectivity index (χ2n) is 5.12. The minimum absolute atomic E-state index is 0.0144. The van der Waals surface area contributed by atoms with Gasteiger partial charge in [-0.1, -0.05) is 32.5 Å². The normalized spacial score (nSPS) is 10.8. The van der Waals surface area contributed by atoms with Crippen LogP contribution < -0.4 is 10.1 Å². The number of thioether (sulfide) groups is 1. The molecule has 0 saturated heterocycles. The zero-order valence-electron chi connectivity index (χ0n) is 13.5. The first-order chi connectivity index (χ1) is 11.1. The fourth-order valence-corrected chi connectivity index (χ4v) is 2.23. The van der Waals surface area contributed by atoms with Crippen LogP contribution in [0, 0.1) is 5.92 Å². The number of nitrogens with one attached hydrogen (secondary N) is 1. The molecule has 6 nitrogen and oxygen atoms in total. The smallest absolute Gasteiger partial charge is 0.276 e. The number of hydrogen-bond acceptors (Lipinski definition) is 6. The van der Waals surface area contributed by atoms with Crippen LogP contribution in [0.15, 0.2) is 33.9 Å². The van der Waals surface area contributed by atoms with E-state index in [4.69, 9.17) is 9.15 Å². The first-order valence-electron chi connectivity index (χ1n) is 7.57. The number of nitrogens with zero attached hydrogens (tertiary/aromatic N) is 2. The lowest BCUT2D eigenvalue weighted by atomic mass is 10.2. The first kappa shape index (κ1) is 17.3. The second-order valence-corrected chi connectivity index (χ2v) is 6.34. The predicted octanol–water partition coefficient (Wildman–Crippen LogP) is 3.00. The number of carbonyl (C=O) groups is 1. The Bertz CT molecular complexity index is 626. The van der Waals surface area contributed by atoms with Crippen LogP contribution in [0.25, 0.3) is 11.5 Å². The van der Waals surface area contributed by atoms with Crippen LogP contribution in [-0.4, -0.2) is 35.0 Å². The Balaban J connectivity index is 1.83. The van der Waals surface area contributed by atoms with E-state index in [0.29, 0.717) is 24.3 Å². The van der Waals surface area contributed by atoms with Gasteiger partial charge in [0.25, 0.3) is 5.22 Å². The van der Waals surface area contributed by atoms with Gasteiger partial charge in [0.05, 0.1) is 6.54 Å². The molecular weight excluding hydrogens is 314 g/mol. The van der Waals surface area contributed by atoms with Crippen molar-refractivity contribution in [2.24, 2.45) is 5.92 Å². The molecule has 0 atom stereocenters. The van der Waals surface area contributed by atoms with Crippen LogP contribution >= 0.6 is 11.8 Å². The third-order valence-electron chi connectivity index (χ3n) is 2.97. The summed E-state index contributed by atoms with van der Waals surface area (Å²) < 4.78 is 11.1. The van der Waals surface area contributed by atoms with Crippen molar-refractivity contribution in [3.05, 3.63) is 24.3 Å². The average molecular weight is 335 g/mol. The van der Waals surface area contributed by atoms with E-state index >= 15 is 0 Å². The van der Waals surface area contributed by atoms with Gasteiger partial charge in [-0.2, -0.15) is 0 Å². The zero-order chi connectivity index (χ0) is 16.7. The molecule has 124 valence electrons. The SMILES string of the molecule is CCSc1nnc(-c2ccc(OCCNC(=O)C(C)C)cc2)o1. The monoisotopic (exact) mass is 335 g/mol. The quantitative estimate of drug-likeness (QED) is 0.590. The summed E-state index contributed by atoms with van der Waals surface area (Å²) in [5.74, 6) is 2.13. The summed E-state index contributed by atoms with van der Waals surface area (Å²) in [6.45, 7) is 6.66. The van der Waals surface area contributed by atoms with Gasteiger partial charge in [-0.3, -0.25) is 4.79 Å². The number of ether oxygens (including phenoxy) is 1. The van der Waals surface area contributed by atoms with E-state index < -0.39 is 0 Å². The van der Waals surface area contributed by atoms with Crippen LogP contribution in [-0.2, 0) is 4.79 Å². The maximum absolute atomic E-state index is 11.4. The van der Waals surface area contributed by atoms with Crippen molar-refractivity contribution in [3.8, 4) is 17.2 Å². The molecule has 7 heteroatoms. The summed E-state index contributed by atoms with van der Waals surface area (Å²) in [6, 6.07) is 7.43. The Hall–Kier alpha value is -2.02. The molecule has 0 aliphatic heterocycles. The molecule has 1 amide bonds. The van der Waals surface area contributed by atoms with Crippen molar-refractivity contribution in [1.29, 1.82) is 0 Å². The third kappa shape index (κ3) is 5.28. The summed E-state index contributed by atoms with van der Waals surface area (Å²) in [5.41, 5.74) is 0.848. The van der Waals surface area contributed by atoms with Gasteiger partial charge in [-0.15, -0.1) is 10.2 Å². The van der Waals surface area contributed by atoms with Crippen LogP contribution in [0.3, 0.4) is 0 Å². The van der Waals surface area contributed by atoms with E-state index in [1.165, 1.54) is 11.8 Å². The van der Waals surface area contributed by atoms with E-state index in [-0.39, 0.29) is 11.8 Å². The topological polar surface area (TPSA) is 77.3 Å². The Morgan fingerprint density at radius 3 is 2.70 bits per heavy atom. The van der Waals surface area contributed by atoms with Gasteiger partial charge in [0, 0.05) is 11.5 Å². The van der Waals surface area contributed by atoms with Crippen molar-refractivity contribution < 1.29 is 13.9 Å². The van der Waals surface area contributed by atoms with Gasteiger partial charge < -0.3 is 14.5 Å². The molecule has 0 unspecified atom stereocenters. The number of amides is 1. The molecule has 0 spiro atoms. The number of hydrogen-bond donors (Lipinski definition) is 1. The Morgan fingerprint density at radius 2 is 2.04 bits per heavy atom. The molecule has 0 bridgehead atoms. The zero-order valence-corrected chi connectivity index (χ0v) is 14.4. The highest BCUT2D eigenvalue weighted by atomic mass is 32.2. The summed E-state index contributed by atoms with van der Waals surface area (Å²) in [4.78, 5) is 11.4. The van der Waals surface area contributed by atoms with E-state index in [1.54, 1.807) is 0 Å². The van der Waals surface area contributed by atoms with Crippen LogP contribution in [0.2, 0.25) is 0 Å². The lowest BCUT2D eigenvalue weighted by Gasteiger charge is -2.09. The molecule has 0 aliphatic rings. The molecule has 1 aromatic heterocycles. The highest BCUT2D eigenvalue weighted by molar-refractivity contribution is 7.99. The summed E-state index contributed by atoms with van der Waals surface area (Å²) >= 11 is 1.51. The van der Waals surface area contributed by atoms with Gasteiger partial charge in [-0.05, 0) is 30.0 Å². The van der Waals surface area contributed by atoms with Gasteiger partial charge in [0.15, 0.2) is 0 Å². The Morgan fingerprint density at radius 1 is 1.30 bits per heavy atom. The standard InChI is InChI=1S/C16H21N3O3S/c1-4-23-16-19-18-15(22-16)12-5-7-13(8-6-12)21-10-9-17-14(20)11(2)3/h5-8,11H,4,9-10H2,1-3H3,(H,17,20). The summed E-state index contributed by atoms with van der Waals surface area (Å²) in [6.07, 6.45) is 0. The highest BCUT2D eigenvalue weighted by Crippen LogP contribution is 2.24. The number of aromatic nitrogens is 2.